The van der Waals surface area contributed by atoms with E-state index >= 15 is 0 Å². The molecule has 23 heavy (non-hydrogen) atoms. The van der Waals surface area contributed by atoms with E-state index in [0.29, 0.717) is 34.5 Å². The summed E-state index contributed by atoms with van der Waals surface area (Å²) in [6.07, 6.45) is 1.50. The average molecular weight is 329 g/mol. The van der Waals surface area contributed by atoms with E-state index in [1.807, 2.05) is 24.3 Å². The molecule has 3 rings (SSSR count). The molecule has 0 aliphatic carbocycles. The fourth-order valence-corrected chi connectivity index (χ4v) is 2.37. The highest BCUT2D eigenvalue weighted by atomic mass is 35.5. The Balaban J connectivity index is 1.81. The van der Waals surface area contributed by atoms with Crippen LogP contribution in [0.25, 0.3) is 11.3 Å². The minimum absolute atomic E-state index is 0.259. The second-order valence-corrected chi connectivity index (χ2v) is 5.39. The van der Waals surface area contributed by atoms with E-state index in [2.05, 4.69) is 15.3 Å². The normalized spacial score (nSPS) is 10.5. The Morgan fingerprint density at radius 3 is 2.78 bits per heavy atom. The van der Waals surface area contributed by atoms with Crippen molar-refractivity contribution in [3.63, 3.8) is 0 Å². The Hall–Kier alpha value is -2.66. The Labute approximate surface area is 138 Å². The predicted molar refractivity (Wildman–Crippen MR) is 90.6 cm³/mol. The summed E-state index contributed by atoms with van der Waals surface area (Å²) in [4.78, 5) is 8.45. The van der Waals surface area contributed by atoms with Crippen molar-refractivity contribution in [1.29, 1.82) is 0 Å². The highest BCUT2D eigenvalue weighted by molar-refractivity contribution is 6.33. The largest absolute Gasteiger partial charge is 0.384 e. The van der Waals surface area contributed by atoms with Crippen LogP contribution >= 0.6 is 11.6 Å². The van der Waals surface area contributed by atoms with Crippen LogP contribution in [-0.2, 0) is 6.54 Å². The number of hydrogen-bond acceptors (Lipinski definition) is 4. The van der Waals surface area contributed by atoms with Crippen LogP contribution in [0.2, 0.25) is 5.02 Å². The van der Waals surface area contributed by atoms with Crippen molar-refractivity contribution >= 4 is 23.2 Å². The van der Waals surface area contributed by atoms with Gasteiger partial charge in [-0.1, -0.05) is 29.8 Å². The zero-order valence-electron chi connectivity index (χ0n) is 12.1. The SMILES string of the molecule is Nc1cc(-c2cccc(NCc3cccc(F)c3)n2)c(Cl)cn1. The van der Waals surface area contributed by atoms with Gasteiger partial charge in [0.2, 0.25) is 0 Å². The molecule has 116 valence electrons. The molecule has 0 aliphatic rings. The van der Waals surface area contributed by atoms with E-state index in [-0.39, 0.29) is 5.82 Å². The number of aromatic nitrogens is 2. The second-order valence-electron chi connectivity index (χ2n) is 4.98. The molecule has 0 atom stereocenters. The first kappa shape index (κ1) is 15.2. The summed E-state index contributed by atoms with van der Waals surface area (Å²) >= 11 is 6.15. The number of hydrogen-bond donors (Lipinski definition) is 2. The molecule has 0 radical (unpaired) electrons. The van der Waals surface area contributed by atoms with E-state index in [9.17, 15) is 4.39 Å². The maximum atomic E-state index is 13.2. The summed E-state index contributed by atoms with van der Waals surface area (Å²) in [5.74, 6) is 0.785. The summed E-state index contributed by atoms with van der Waals surface area (Å²) in [6.45, 7) is 0.473. The fourth-order valence-electron chi connectivity index (χ4n) is 2.17. The van der Waals surface area contributed by atoms with Crippen molar-refractivity contribution < 1.29 is 4.39 Å². The van der Waals surface area contributed by atoms with E-state index in [0.717, 1.165) is 5.56 Å². The molecule has 0 bridgehead atoms. The first-order valence-corrected chi connectivity index (χ1v) is 7.36. The summed E-state index contributed by atoms with van der Waals surface area (Å²) in [6, 6.07) is 13.6. The minimum Gasteiger partial charge on any atom is -0.384 e. The molecule has 0 spiro atoms. The summed E-state index contributed by atoms with van der Waals surface area (Å²) in [5.41, 5.74) is 7.94. The van der Waals surface area contributed by atoms with Gasteiger partial charge < -0.3 is 11.1 Å². The van der Waals surface area contributed by atoms with Crippen LogP contribution in [0.1, 0.15) is 5.56 Å². The van der Waals surface area contributed by atoms with Crippen molar-refractivity contribution in [2.45, 2.75) is 6.54 Å². The Kier molecular flexibility index (Phi) is 4.39. The maximum Gasteiger partial charge on any atom is 0.126 e. The lowest BCUT2D eigenvalue weighted by Crippen LogP contribution is -2.02. The van der Waals surface area contributed by atoms with Crippen molar-refractivity contribution in [1.82, 2.24) is 9.97 Å². The molecule has 0 fully saturated rings. The quantitative estimate of drug-likeness (QED) is 0.755. The lowest BCUT2D eigenvalue weighted by molar-refractivity contribution is 0.626. The van der Waals surface area contributed by atoms with Crippen LogP contribution in [0.5, 0.6) is 0 Å². The van der Waals surface area contributed by atoms with Gasteiger partial charge in [0.15, 0.2) is 0 Å². The van der Waals surface area contributed by atoms with E-state index in [4.69, 9.17) is 17.3 Å². The number of nitrogens with zero attached hydrogens (tertiary/aromatic N) is 2. The second kappa shape index (κ2) is 6.62. The zero-order chi connectivity index (χ0) is 16.2. The molecule has 1 aromatic carbocycles. The Bertz CT molecular complexity index is 838. The molecule has 2 aromatic heterocycles. The van der Waals surface area contributed by atoms with Gasteiger partial charge in [0, 0.05) is 18.3 Å². The van der Waals surface area contributed by atoms with Crippen LogP contribution in [0, 0.1) is 5.82 Å². The first-order chi connectivity index (χ1) is 11.1. The molecule has 2 heterocycles. The molecule has 6 heteroatoms. The van der Waals surface area contributed by atoms with Gasteiger partial charge in [-0.3, -0.25) is 0 Å². The predicted octanol–water partition coefficient (Wildman–Crippen LogP) is 4.13. The third-order valence-electron chi connectivity index (χ3n) is 3.26. The highest BCUT2D eigenvalue weighted by Crippen LogP contribution is 2.27. The van der Waals surface area contributed by atoms with Crippen molar-refractivity contribution in [3.05, 3.63) is 71.1 Å². The summed E-state index contributed by atoms with van der Waals surface area (Å²) in [5, 5.41) is 3.65. The van der Waals surface area contributed by atoms with Crippen LogP contribution in [0.3, 0.4) is 0 Å². The number of nitrogens with two attached hydrogens (primary N) is 1. The Morgan fingerprint density at radius 1 is 1.13 bits per heavy atom. The number of benzene rings is 1. The molecular formula is C17H14ClFN4. The average Bonchev–Trinajstić information content (AvgIpc) is 2.55. The molecule has 0 unspecified atom stereocenters. The summed E-state index contributed by atoms with van der Waals surface area (Å²) in [7, 11) is 0. The van der Waals surface area contributed by atoms with Gasteiger partial charge in [-0.15, -0.1) is 0 Å². The third kappa shape index (κ3) is 3.76. The van der Waals surface area contributed by atoms with Crippen LogP contribution in [0.15, 0.2) is 54.7 Å². The maximum absolute atomic E-state index is 13.2. The van der Waals surface area contributed by atoms with Crippen molar-refractivity contribution in [2.75, 3.05) is 11.1 Å². The van der Waals surface area contributed by atoms with Gasteiger partial charge in [-0.2, -0.15) is 0 Å². The van der Waals surface area contributed by atoms with Crippen LogP contribution in [0.4, 0.5) is 16.0 Å². The lowest BCUT2D eigenvalue weighted by Gasteiger charge is -2.09. The van der Waals surface area contributed by atoms with Gasteiger partial charge in [0.25, 0.3) is 0 Å². The van der Waals surface area contributed by atoms with Gasteiger partial charge in [0.05, 0.1) is 10.7 Å². The molecule has 3 aromatic rings. The molecule has 0 amide bonds. The molecular weight excluding hydrogens is 315 g/mol. The lowest BCUT2D eigenvalue weighted by atomic mass is 10.1. The minimum atomic E-state index is -0.259. The third-order valence-corrected chi connectivity index (χ3v) is 3.57. The van der Waals surface area contributed by atoms with Gasteiger partial charge in [-0.05, 0) is 35.9 Å². The first-order valence-electron chi connectivity index (χ1n) is 6.98. The topological polar surface area (TPSA) is 63.8 Å². The van der Waals surface area contributed by atoms with Crippen molar-refractivity contribution in [3.8, 4) is 11.3 Å². The number of halogens is 2. The number of anilines is 2. The number of nitrogens with one attached hydrogen (secondary N) is 1. The van der Waals surface area contributed by atoms with E-state index in [1.165, 1.54) is 18.3 Å². The standard InChI is InChI=1S/C17H14ClFN4/c18-14-10-21-16(20)8-13(14)15-5-2-6-17(23-15)22-9-11-3-1-4-12(19)7-11/h1-8,10H,9H2,(H2,20,21)(H,22,23). The number of pyridine rings is 2. The monoisotopic (exact) mass is 328 g/mol. The van der Waals surface area contributed by atoms with E-state index < -0.39 is 0 Å². The van der Waals surface area contributed by atoms with Gasteiger partial charge in [0.1, 0.15) is 17.5 Å². The summed E-state index contributed by atoms with van der Waals surface area (Å²) < 4.78 is 13.2. The number of nitrogen functional groups attached to an aromatic ring is 1. The highest BCUT2D eigenvalue weighted by Gasteiger charge is 2.07. The molecule has 3 N–H and O–H groups in total. The molecule has 4 nitrogen and oxygen atoms in total. The molecule has 0 saturated carbocycles. The molecule has 0 saturated heterocycles. The smallest absolute Gasteiger partial charge is 0.126 e. The van der Waals surface area contributed by atoms with E-state index in [1.54, 1.807) is 12.1 Å². The van der Waals surface area contributed by atoms with Gasteiger partial charge >= 0.3 is 0 Å². The van der Waals surface area contributed by atoms with Crippen LogP contribution in [-0.4, -0.2) is 9.97 Å². The number of rotatable bonds is 4. The Morgan fingerprint density at radius 2 is 1.96 bits per heavy atom. The van der Waals surface area contributed by atoms with Crippen molar-refractivity contribution in [2.24, 2.45) is 0 Å². The van der Waals surface area contributed by atoms with Crippen LogP contribution < -0.4 is 11.1 Å². The van der Waals surface area contributed by atoms with Gasteiger partial charge in [-0.25, -0.2) is 14.4 Å². The fraction of sp³-hybridized carbons (Fsp3) is 0.0588. The zero-order valence-corrected chi connectivity index (χ0v) is 12.9. The molecule has 0 aliphatic heterocycles.